The summed E-state index contributed by atoms with van der Waals surface area (Å²) in [5.74, 6) is -0.507. The molecule has 6 heteroatoms. The van der Waals surface area contributed by atoms with Crippen LogP contribution in [0.3, 0.4) is 0 Å². The molecule has 0 fully saturated rings. The smallest absolute Gasteiger partial charge is 0.347 e. The molecule has 0 amide bonds. The molecule has 0 bridgehead atoms. The predicted molar refractivity (Wildman–Crippen MR) is 74.6 cm³/mol. The lowest BCUT2D eigenvalue weighted by atomic mass is 10.1. The van der Waals surface area contributed by atoms with E-state index >= 15 is 0 Å². The molecule has 0 radical (unpaired) electrons. The van der Waals surface area contributed by atoms with Crippen LogP contribution >= 0.6 is 0 Å². The van der Waals surface area contributed by atoms with Crippen LogP contribution in [0.1, 0.15) is 24.2 Å². The predicted octanol–water partition coefficient (Wildman–Crippen LogP) is 1.94. The first-order chi connectivity index (χ1) is 9.92. The molecule has 1 aromatic carbocycles. The van der Waals surface area contributed by atoms with Crippen LogP contribution in [0.25, 0.3) is 11.0 Å². The van der Waals surface area contributed by atoms with Gasteiger partial charge in [-0.25, -0.2) is 9.59 Å². The molecule has 2 rings (SSSR count). The summed E-state index contributed by atoms with van der Waals surface area (Å²) in [6.45, 7) is 2.85. The minimum absolute atomic E-state index is 0.000836. The number of ether oxygens (including phenoxy) is 2. The fraction of sp³-hybridized carbons (Fsp3) is 0.267. The molecule has 21 heavy (non-hydrogen) atoms. The van der Waals surface area contributed by atoms with Crippen molar-refractivity contribution >= 4 is 22.7 Å². The van der Waals surface area contributed by atoms with Crippen LogP contribution in [-0.2, 0) is 9.53 Å². The van der Waals surface area contributed by atoms with Gasteiger partial charge in [-0.1, -0.05) is 0 Å². The summed E-state index contributed by atoms with van der Waals surface area (Å²) in [6, 6.07) is 6.22. The molecule has 1 aromatic heterocycles. The number of carbonyl (C=O) groups excluding carboxylic acids is 2. The van der Waals surface area contributed by atoms with Crippen LogP contribution < -0.4 is 10.4 Å². The second kappa shape index (κ2) is 5.78. The monoisotopic (exact) mass is 290 g/mol. The van der Waals surface area contributed by atoms with Gasteiger partial charge in [-0.05, 0) is 32.0 Å². The first-order valence-electron chi connectivity index (χ1n) is 6.25. The van der Waals surface area contributed by atoms with Crippen molar-refractivity contribution in [3.05, 3.63) is 40.2 Å². The molecule has 0 aliphatic rings. The Balaban J connectivity index is 2.39. The number of Topliss-reactive ketones (excluding diaryl/α,β-unsaturated/α-hetero) is 1. The van der Waals surface area contributed by atoms with E-state index in [0.717, 1.165) is 0 Å². The van der Waals surface area contributed by atoms with Crippen LogP contribution in [0.5, 0.6) is 5.75 Å². The highest BCUT2D eigenvalue weighted by atomic mass is 16.6. The summed E-state index contributed by atoms with van der Waals surface area (Å²) in [7, 11) is 1.27. The standard InChI is InChI=1S/C15H14O6/c1-8(16)12-6-10-4-5-11(7-13(10)21-15(12)18)20-9(2)14(17)19-3/h4-7,9H,1-3H3. The molecule has 6 nitrogen and oxygen atoms in total. The molecule has 0 saturated carbocycles. The van der Waals surface area contributed by atoms with E-state index in [1.807, 2.05) is 0 Å². The number of rotatable bonds is 4. The number of methoxy groups -OCH3 is 1. The van der Waals surface area contributed by atoms with E-state index in [1.165, 1.54) is 26.2 Å². The second-order valence-electron chi connectivity index (χ2n) is 4.49. The number of benzene rings is 1. The Labute approximate surface area is 120 Å². The van der Waals surface area contributed by atoms with Gasteiger partial charge in [0.05, 0.1) is 7.11 Å². The zero-order valence-corrected chi connectivity index (χ0v) is 11.8. The van der Waals surface area contributed by atoms with E-state index in [2.05, 4.69) is 4.74 Å². The minimum atomic E-state index is -0.782. The van der Waals surface area contributed by atoms with E-state index in [9.17, 15) is 14.4 Å². The molecule has 110 valence electrons. The van der Waals surface area contributed by atoms with Crippen molar-refractivity contribution in [1.82, 2.24) is 0 Å². The zero-order valence-electron chi connectivity index (χ0n) is 11.8. The van der Waals surface area contributed by atoms with Crippen molar-refractivity contribution in [2.45, 2.75) is 20.0 Å². The molecule has 0 N–H and O–H groups in total. The van der Waals surface area contributed by atoms with E-state index in [-0.39, 0.29) is 16.9 Å². The summed E-state index contributed by atoms with van der Waals surface area (Å²) in [5.41, 5.74) is -0.424. The van der Waals surface area contributed by atoms with E-state index < -0.39 is 17.7 Å². The second-order valence-corrected chi connectivity index (χ2v) is 4.49. The summed E-state index contributed by atoms with van der Waals surface area (Å²) in [4.78, 5) is 34.2. The third-order valence-electron chi connectivity index (χ3n) is 2.93. The van der Waals surface area contributed by atoms with Gasteiger partial charge in [0.1, 0.15) is 16.9 Å². The number of carbonyl (C=O) groups is 2. The van der Waals surface area contributed by atoms with Gasteiger partial charge >= 0.3 is 11.6 Å². The number of hydrogen-bond acceptors (Lipinski definition) is 6. The zero-order chi connectivity index (χ0) is 15.6. The fourth-order valence-corrected chi connectivity index (χ4v) is 1.83. The first kappa shape index (κ1) is 14.8. The van der Waals surface area contributed by atoms with Crippen molar-refractivity contribution < 1.29 is 23.5 Å². The Morgan fingerprint density at radius 1 is 1.24 bits per heavy atom. The average molecular weight is 290 g/mol. The van der Waals surface area contributed by atoms with Crippen molar-refractivity contribution in [3.8, 4) is 5.75 Å². The fourth-order valence-electron chi connectivity index (χ4n) is 1.83. The highest BCUT2D eigenvalue weighted by Crippen LogP contribution is 2.21. The van der Waals surface area contributed by atoms with Gasteiger partial charge in [0, 0.05) is 11.5 Å². The van der Waals surface area contributed by atoms with Crippen molar-refractivity contribution in [2.24, 2.45) is 0 Å². The van der Waals surface area contributed by atoms with Crippen LogP contribution in [0.15, 0.2) is 33.5 Å². The summed E-state index contributed by atoms with van der Waals surface area (Å²) in [5, 5.41) is 0.595. The van der Waals surface area contributed by atoms with E-state index in [0.29, 0.717) is 11.1 Å². The molecule has 1 atom stereocenters. The molecular formula is C15H14O6. The molecule has 0 aliphatic heterocycles. The van der Waals surface area contributed by atoms with Crippen molar-refractivity contribution in [1.29, 1.82) is 0 Å². The maximum atomic E-state index is 11.7. The Hall–Kier alpha value is -2.63. The maximum absolute atomic E-state index is 11.7. The average Bonchev–Trinajstić information content (AvgIpc) is 2.45. The Morgan fingerprint density at radius 2 is 1.95 bits per heavy atom. The molecule has 0 spiro atoms. The number of esters is 1. The highest BCUT2D eigenvalue weighted by molar-refractivity contribution is 5.96. The highest BCUT2D eigenvalue weighted by Gasteiger charge is 2.16. The Morgan fingerprint density at radius 3 is 2.57 bits per heavy atom. The lowest BCUT2D eigenvalue weighted by Gasteiger charge is -2.12. The third-order valence-corrected chi connectivity index (χ3v) is 2.93. The topological polar surface area (TPSA) is 82.8 Å². The van der Waals surface area contributed by atoms with Crippen molar-refractivity contribution in [3.63, 3.8) is 0 Å². The third kappa shape index (κ3) is 3.10. The maximum Gasteiger partial charge on any atom is 0.347 e. The molecule has 1 heterocycles. The SMILES string of the molecule is COC(=O)C(C)Oc1ccc2cc(C(C)=O)c(=O)oc2c1. The molecule has 0 saturated heterocycles. The molecule has 2 aromatic rings. The molecule has 0 aliphatic carbocycles. The quantitative estimate of drug-likeness (QED) is 0.486. The van der Waals surface area contributed by atoms with Crippen LogP contribution in [0, 0.1) is 0 Å². The van der Waals surface area contributed by atoms with Crippen molar-refractivity contribution in [2.75, 3.05) is 7.11 Å². The normalized spacial score (nSPS) is 12.0. The van der Waals surface area contributed by atoms with E-state index in [1.54, 1.807) is 19.1 Å². The number of fused-ring (bicyclic) bond motifs is 1. The lowest BCUT2D eigenvalue weighted by Crippen LogP contribution is -2.24. The lowest BCUT2D eigenvalue weighted by molar-refractivity contribution is -0.147. The van der Waals surface area contributed by atoms with Crippen LogP contribution in [-0.4, -0.2) is 25.0 Å². The van der Waals surface area contributed by atoms with Gasteiger partial charge < -0.3 is 13.9 Å². The van der Waals surface area contributed by atoms with Gasteiger partial charge in [0.15, 0.2) is 11.9 Å². The Bertz CT molecular complexity index is 758. The van der Waals surface area contributed by atoms with Gasteiger partial charge in [0.2, 0.25) is 0 Å². The minimum Gasteiger partial charge on any atom is -0.479 e. The number of ketones is 1. The summed E-state index contributed by atoms with van der Waals surface area (Å²) >= 11 is 0. The Kier molecular flexibility index (Phi) is 4.07. The van der Waals surface area contributed by atoms with Gasteiger partial charge in [-0.3, -0.25) is 4.79 Å². The largest absolute Gasteiger partial charge is 0.479 e. The van der Waals surface area contributed by atoms with Crippen LogP contribution in [0.4, 0.5) is 0 Å². The molecular weight excluding hydrogens is 276 g/mol. The first-order valence-corrected chi connectivity index (χ1v) is 6.25. The van der Waals surface area contributed by atoms with Gasteiger partial charge in [-0.2, -0.15) is 0 Å². The van der Waals surface area contributed by atoms with Crippen LogP contribution in [0.2, 0.25) is 0 Å². The number of hydrogen-bond donors (Lipinski definition) is 0. The molecule has 1 unspecified atom stereocenters. The van der Waals surface area contributed by atoms with Gasteiger partial charge in [0.25, 0.3) is 0 Å². The summed E-state index contributed by atoms with van der Waals surface area (Å²) < 4.78 is 15.0. The van der Waals surface area contributed by atoms with Gasteiger partial charge in [-0.15, -0.1) is 0 Å². The summed E-state index contributed by atoms with van der Waals surface area (Å²) in [6.07, 6.45) is -0.782. The van der Waals surface area contributed by atoms with E-state index in [4.69, 9.17) is 9.15 Å².